The second-order valence-electron chi connectivity index (χ2n) is 8.89. The van der Waals surface area contributed by atoms with Gasteiger partial charge in [-0.15, -0.1) is 0 Å². The zero-order valence-corrected chi connectivity index (χ0v) is 18.5. The number of methoxy groups -OCH3 is 1. The molecule has 1 heterocycles. The van der Waals surface area contributed by atoms with Crippen molar-refractivity contribution in [1.29, 1.82) is 0 Å². The van der Waals surface area contributed by atoms with Crippen molar-refractivity contribution in [2.24, 2.45) is 11.8 Å². The lowest BCUT2D eigenvalue weighted by molar-refractivity contribution is -0.116. The van der Waals surface area contributed by atoms with Crippen LogP contribution >= 0.6 is 0 Å². The first kappa shape index (κ1) is 22.6. The van der Waals surface area contributed by atoms with Gasteiger partial charge in [0.1, 0.15) is 0 Å². The number of anilines is 2. The van der Waals surface area contributed by atoms with E-state index in [2.05, 4.69) is 22.5 Å². The Kier molecular flexibility index (Phi) is 8.55. The van der Waals surface area contributed by atoms with E-state index in [0.717, 1.165) is 44.0 Å². The minimum atomic E-state index is -0.122. The van der Waals surface area contributed by atoms with Gasteiger partial charge in [-0.3, -0.25) is 9.59 Å². The second kappa shape index (κ2) is 11.3. The highest BCUT2D eigenvalue weighted by atomic mass is 16.5. The van der Waals surface area contributed by atoms with Gasteiger partial charge in [0, 0.05) is 44.5 Å². The molecule has 0 radical (unpaired) electrons. The van der Waals surface area contributed by atoms with Crippen molar-refractivity contribution in [1.82, 2.24) is 5.32 Å². The van der Waals surface area contributed by atoms with E-state index in [1.54, 1.807) is 7.11 Å². The van der Waals surface area contributed by atoms with E-state index in [9.17, 15) is 9.59 Å². The van der Waals surface area contributed by atoms with Gasteiger partial charge in [-0.25, -0.2) is 0 Å². The number of ether oxygens (including phenoxy) is 1. The van der Waals surface area contributed by atoms with Crippen molar-refractivity contribution in [3.63, 3.8) is 0 Å². The molecule has 0 bridgehead atoms. The van der Waals surface area contributed by atoms with Crippen LogP contribution in [0.15, 0.2) is 18.2 Å². The second-order valence-corrected chi connectivity index (χ2v) is 8.89. The van der Waals surface area contributed by atoms with Gasteiger partial charge in [0.05, 0.1) is 12.2 Å². The first-order valence-corrected chi connectivity index (χ1v) is 11.5. The van der Waals surface area contributed by atoms with Gasteiger partial charge in [-0.2, -0.15) is 0 Å². The molecule has 30 heavy (non-hydrogen) atoms. The molecule has 2 fully saturated rings. The number of carbonyl (C=O) groups excluding carboxylic acids is 2. The first-order chi connectivity index (χ1) is 14.6. The number of nitrogens with one attached hydrogen (secondary N) is 2. The van der Waals surface area contributed by atoms with Crippen LogP contribution in [0.5, 0.6) is 0 Å². The van der Waals surface area contributed by atoms with Crippen LogP contribution in [0.4, 0.5) is 11.4 Å². The van der Waals surface area contributed by atoms with Crippen LogP contribution in [0.2, 0.25) is 0 Å². The van der Waals surface area contributed by atoms with Gasteiger partial charge >= 0.3 is 0 Å². The molecule has 2 amide bonds. The van der Waals surface area contributed by atoms with Crippen molar-refractivity contribution < 1.29 is 14.3 Å². The van der Waals surface area contributed by atoms with Gasteiger partial charge in [0.25, 0.3) is 5.91 Å². The van der Waals surface area contributed by atoms with Crippen LogP contribution in [0.3, 0.4) is 0 Å². The van der Waals surface area contributed by atoms with E-state index in [1.807, 2.05) is 18.2 Å². The maximum absolute atomic E-state index is 12.9. The number of piperidine rings is 1. The summed E-state index contributed by atoms with van der Waals surface area (Å²) in [5.41, 5.74) is 2.26. The minimum absolute atomic E-state index is 0.0344. The van der Waals surface area contributed by atoms with Gasteiger partial charge < -0.3 is 20.3 Å². The minimum Gasteiger partial charge on any atom is -0.383 e. The topological polar surface area (TPSA) is 70.7 Å². The highest BCUT2D eigenvalue weighted by Gasteiger charge is 2.22. The van der Waals surface area contributed by atoms with Crippen LogP contribution < -0.4 is 15.5 Å². The fraction of sp³-hybridized carbons (Fsp3) is 0.667. The molecule has 0 atom stereocenters. The first-order valence-electron chi connectivity index (χ1n) is 11.5. The van der Waals surface area contributed by atoms with Crippen molar-refractivity contribution in [2.75, 3.05) is 43.6 Å². The molecule has 1 saturated carbocycles. The zero-order chi connectivity index (χ0) is 21.3. The normalized spacial score (nSPS) is 17.9. The van der Waals surface area contributed by atoms with E-state index < -0.39 is 0 Å². The summed E-state index contributed by atoms with van der Waals surface area (Å²) in [6.07, 6.45) is 8.86. The van der Waals surface area contributed by atoms with Gasteiger partial charge in [0.2, 0.25) is 5.91 Å². The molecule has 1 aromatic carbocycles. The average molecular weight is 416 g/mol. The fourth-order valence-electron chi connectivity index (χ4n) is 4.54. The van der Waals surface area contributed by atoms with E-state index in [-0.39, 0.29) is 11.8 Å². The van der Waals surface area contributed by atoms with Crippen molar-refractivity contribution in [2.45, 2.75) is 58.3 Å². The number of hydrogen-bond acceptors (Lipinski definition) is 4. The molecule has 0 unspecified atom stereocenters. The average Bonchev–Trinajstić information content (AvgIpc) is 3.27. The maximum Gasteiger partial charge on any atom is 0.253 e. The predicted octanol–water partition coefficient (Wildman–Crippen LogP) is 4.21. The Hall–Kier alpha value is -2.08. The smallest absolute Gasteiger partial charge is 0.253 e. The lowest BCUT2D eigenvalue weighted by Crippen LogP contribution is -2.35. The van der Waals surface area contributed by atoms with E-state index >= 15 is 0 Å². The summed E-state index contributed by atoms with van der Waals surface area (Å²) in [6, 6.07) is 5.73. The molecule has 1 saturated heterocycles. The van der Waals surface area contributed by atoms with Crippen LogP contribution in [-0.4, -0.2) is 45.2 Å². The molecule has 0 spiro atoms. The number of rotatable bonds is 9. The molecular formula is C24H37N3O3. The molecule has 1 aromatic rings. The molecule has 1 aliphatic heterocycles. The van der Waals surface area contributed by atoms with Gasteiger partial charge in [-0.1, -0.05) is 32.6 Å². The number of benzene rings is 1. The van der Waals surface area contributed by atoms with E-state index in [1.165, 1.54) is 25.7 Å². The van der Waals surface area contributed by atoms with Crippen LogP contribution in [-0.2, 0) is 9.53 Å². The van der Waals surface area contributed by atoms with Crippen molar-refractivity contribution in [3.8, 4) is 0 Å². The number of hydrogen-bond donors (Lipinski definition) is 2. The standard InChI is InChI=1S/C24H37N3O3/c1-18-11-14-27(15-12-18)22-9-8-20(17-21(22)24(29)25-13-16-30-2)26-23(28)10-7-19-5-3-4-6-19/h8-9,17-19H,3-7,10-16H2,1-2H3,(H,25,29)(H,26,28). The Morgan fingerprint density at radius 2 is 1.87 bits per heavy atom. The molecule has 0 aromatic heterocycles. The lowest BCUT2D eigenvalue weighted by atomic mass is 9.97. The quantitative estimate of drug-likeness (QED) is 0.593. The Morgan fingerprint density at radius 3 is 2.57 bits per heavy atom. The Balaban J connectivity index is 1.68. The summed E-state index contributed by atoms with van der Waals surface area (Å²) in [7, 11) is 1.62. The zero-order valence-electron chi connectivity index (χ0n) is 18.5. The third-order valence-electron chi connectivity index (χ3n) is 6.50. The maximum atomic E-state index is 12.9. The highest BCUT2D eigenvalue weighted by molar-refractivity contribution is 6.02. The molecule has 6 nitrogen and oxygen atoms in total. The van der Waals surface area contributed by atoms with Crippen molar-refractivity contribution in [3.05, 3.63) is 23.8 Å². The SMILES string of the molecule is COCCNC(=O)c1cc(NC(=O)CCC2CCCC2)ccc1N1CCC(C)CC1. The Bertz CT molecular complexity index is 708. The number of carbonyl (C=O) groups is 2. The number of nitrogens with zero attached hydrogens (tertiary/aromatic N) is 1. The lowest BCUT2D eigenvalue weighted by Gasteiger charge is -2.33. The molecule has 2 aliphatic rings. The van der Waals surface area contributed by atoms with E-state index in [4.69, 9.17) is 4.74 Å². The summed E-state index contributed by atoms with van der Waals surface area (Å²) >= 11 is 0. The molecule has 166 valence electrons. The molecular weight excluding hydrogens is 378 g/mol. The van der Waals surface area contributed by atoms with Gasteiger partial charge in [-0.05, 0) is 49.3 Å². The monoisotopic (exact) mass is 415 g/mol. The predicted molar refractivity (Wildman–Crippen MR) is 121 cm³/mol. The van der Waals surface area contributed by atoms with Crippen LogP contribution in [0.25, 0.3) is 0 Å². The third-order valence-corrected chi connectivity index (χ3v) is 6.50. The molecule has 2 N–H and O–H groups in total. The molecule has 3 rings (SSSR count). The Morgan fingerprint density at radius 1 is 1.13 bits per heavy atom. The van der Waals surface area contributed by atoms with Crippen LogP contribution in [0.1, 0.15) is 68.6 Å². The van der Waals surface area contributed by atoms with Crippen LogP contribution in [0, 0.1) is 11.8 Å². The van der Waals surface area contributed by atoms with Crippen molar-refractivity contribution >= 4 is 23.2 Å². The summed E-state index contributed by atoms with van der Waals surface area (Å²) in [5, 5.41) is 5.93. The molecule has 6 heteroatoms. The summed E-state index contributed by atoms with van der Waals surface area (Å²) in [6.45, 7) is 5.11. The summed E-state index contributed by atoms with van der Waals surface area (Å²) < 4.78 is 5.05. The third kappa shape index (κ3) is 6.46. The molecule has 1 aliphatic carbocycles. The fourth-order valence-corrected chi connectivity index (χ4v) is 4.54. The van der Waals surface area contributed by atoms with Gasteiger partial charge in [0.15, 0.2) is 0 Å². The summed E-state index contributed by atoms with van der Waals surface area (Å²) in [5.74, 6) is 1.33. The van der Waals surface area contributed by atoms with E-state index in [0.29, 0.717) is 36.7 Å². The Labute approximate surface area is 180 Å². The largest absolute Gasteiger partial charge is 0.383 e. The highest BCUT2D eigenvalue weighted by Crippen LogP contribution is 2.30. The number of amides is 2. The summed E-state index contributed by atoms with van der Waals surface area (Å²) in [4.78, 5) is 27.6.